The minimum absolute atomic E-state index is 0.453. The summed E-state index contributed by atoms with van der Waals surface area (Å²) in [5, 5.41) is 9.05. The van der Waals surface area contributed by atoms with Gasteiger partial charge >= 0.3 is 11.1 Å². The highest BCUT2D eigenvalue weighted by molar-refractivity contribution is 7.98. The van der Waals surface area contributed by atoms with Crippen molar-refractivity contribution >= 4 is 23.3 Å². The molecule has 23 heavy (non-hydrogen) atoms. The lowest BCUT2D eigenvalue weighted by atomic mass is 10.1. The van der Waals surface area contributed by atoms with E-state index in [0.717, 1.165) is 10.5 Å². The van der Waals surface area contributed by atoms with Crippen LogP contribution in [0.3, 0.4) is 0 Å². The summed E-state index contributed by atoms with van der Waals surface area (Å²) in [7, 11) is 0. The molecule has 0 saturated heterocycles. The maximum Gasteiger partial charge on any atom is 0.313 e. The van der Waals surface area contributed by atoms with Gasteiger partial charge in [0.2, 0.25) is 0 Å². The highest BCUT2D eigenvalue weighted by Crippen LogP contribution is 2.32. The molecule has 3 aromatic rings. The van der Waals surface area contributed by atoms with E-state index in [9.17, 15) is 9.59 Å². The number of rotatable bonds is 4. The van der Waals surface area contributed by atoms with Crippen LogP contribution in [0.15, 0.2) is 44.4 Å². The van der Waals surface area contributed by atoms with Gasteiger partial charge in [-0.25, -0.2) is 4.98 Å². The summed E-state index contributed by atoms with van der Waals surface area (Å²) in [6, 6.07) is 7.37. The lowest BCUT2D eigenvalue weighted by Crippen LogP contribution is -2.29. The first-order valence-corrected chi connectivity index (χ1v) is 8.24. The Balaban J connectivity index is 1.90. The summed E-state index contributed by atoms with van der Waals surface area (Å²) >= 11 is 2.69. The van der Waals surface area contributed by atoms with E-state index in [2.05, 4.69) is 25.4 Å². The highest BCUT2D eigenvalue weighted by Gasteiger charge is 2.11. The first-order chi connectivity index (χ1) is 11.2. The summed E-state index contributed by atoms with van der Waals surface area (Å²) in [5.41, 5.74) is 2.16. The van der Waals surface area contributed by atoms with Crippen molar-refractivity contribution in [2.24, 2.45) is 0 Å². The second-order valence-corrected chi connectivity index (χ2v) is 6.08. The molecule has 1 aromatic carbocycles. The Morgan fingerprint density at radius 1 is 1.30 bits per heavy atom. The van der Waals surface area contributed by atoms with Crippen LogP contribution in [0.25, 0.3) is 11.4 Å². The zero-order chi connectivity index (χ0) is 16.2. The Bertz CT molecular complexity index is 985. The Labute approximate surface area is 138 Å². The first-order valence-electron chi connectivity index (χ1n) is 6.42. The van der Waals surface area contributed by atoms with Crippen molar-refractivity contribution in [3.63, 3.8) is 0 Å². The number of aromatic nitrogens is 4. The zero-order valence-corrected chi connectivity index (χ0v) is 13.2. The van der Waals surface area contributed by atoms with Gasteiger partial charge in [0.25, 0.3) is 0 Å². The van der Waals surface area contributed by atoms with Crippen LogP contribution in [0.4, 0.5) is 0 Å². The molecular formula is C14H9N5O2S2. The largest absolute Gasteiger partial charge is 0.323 e. The number of H-pyrrole nitrogens is 2. The Morgan fingerprint density at radius 3 is 2.87 bits per heavy atom. The van der Waals surface area contributed by atoms with Crippen LogP contribution in [-0.4, -0.2) is 19.3 Å². The monoisotopic (exact) mass is 343 g/mol. The molecule has 0 radical (unpaired) electrons. The summed E-state index contributed by atoms with van der Waals surface area (Å²) in [6.07, 6.45) is 1.47. The molecule has 0 bridgehead atoms. The van der Waals surface area contributed by atoms with Crippen LogP contribution in [-0.2, 0) is 5.75 Å². The summed E-state index contributed by atoms with van der Waals surface area (Å²) in [4.78, 5) is 32.4. The van der Waals surface area contributed by atoms with E-state index in [4.69, 9.17) is 5.26 Å². The molecule has 0 atom stereocenters. The maximum absolute atomic E-state index is 11.3. The average molecular weight is 343 g/mol. The smallest absolute Gasteiger partial charge is 0.313 e. The summed E-state index contributed by atoms with van der Waals surface area (Å²) < 4.78 is 4.21. The van der Waals surface area contributed by atoms with Crippen molar-refractivity contribution < 1.29 is 0 Å². The van der Waals surface area contributed by atoms with Crippen LogP contribution in [0.5, 0.6) is 0 Å². The molecular weight excluding hydrogens is 334 g/mol. The lowest BCUT2D eigenvalue weighted by molar-refractivity contribution is 1.01. The van der Waals surface area contributed by atoms with Crippen molar-refractivity contribution in [3.8, 4) is 17.5 Å². The van der Waals surface area contributed by atoms with Gasteiger partial charge in [-0.3, -0.25) is 9.59 Å². The van der Waals surface area contributed by atoms with Gasteiger partial charge in [-0.15, -0.1) is 11.8 Å². The Morgan fingerprint density at radius 2 is 2.17 bits per heavy atom. The van der Waals surface area contributed by atoms with E-state index in [0.29, 0.717) is 22.8 Å². The molecule has 0 aliphatic rings. The van der Waals surface area contributed by atoms with Gasteiger partial charge in [0, 0.05) is 28.1 Å². The van der Waals surface area contributed by atoms with Gasteiger partial charge in [0.1, 0.15) is 5.51 Å². The normalized spacial score (nSPS) is 10.4. The van der Waals surface area contributed by atoms with Crippen molar-refractivity contribution in [1.82, 2.24) is 19.3 Å². The quantitative estimate of drug-likeness (QED) is 0.551. The standard InChI is InChI=1S/C14H9N5O2S2/c15-4-8-1-2-11(10(3-8)12-17-7-23-19-12)22-6-9-5-16-13(20)14(21)18-9/h1-3,5,7H,6H2,(H,16,20)(H,18,21). The lowest BCUT2D eigenvalue weighted by Gasteiger charge is -2.07. The van der Waals surface area contributed by atoms with E-state index < -0.39 is 11.1 Å². The van der Waals surface area contributed by atoms with Crippen LogP contribution in [0.1, 0.15) is 11.3 Å². The third kappa shape index (κ3) is 3.39. The molecule has 2 heterocycles. The summed E-state index contributed by atoms with van der Waals surface area (Å²) in [6.45, 7) is 0. The predicted octanol–water partition coefficient (Wildman–Crippen LogP) is 1.75. The number of thioether (sulfide) groups is 1. The highest BCUT2D eigenvalue weighted by atomic mass is 32.2. The SMILES string of the molecule is N#Cc1ccc(SCc2c[nH]c(=O)c(=O)[nH]2)c(-c2ncsn2)c1. The number of hydrogen-bond acceptors (Lipinski definition) is 7. The molecule has 7 nitrogen and oxygen atoms in total. The van der Waals surface area contributed by atoms with Gasteiger partial charge in [-0.2, -0.15) is 9.64 Å². The second-order valence-electron chi connectivity index (χ2n) is 4.46. The third-order valence-corrected chi connectivity index (χ3v) is 4.55. The van der Waals surface area contributed by atoms with Crippen LogP contribution < -0.4 is 11.1 Å². The van der Waals surface area contributed by atoms with Crippen molar-refractivity contribution in [1.29, 1.82) is 5.26 Å². The molecule has 2 N–H and O–H groups in total. The Hall–Kier alpha value is -2.70. The topological polar surface area (TPSA) is 115 Å². The fraction of sp³-hybridized carbons (Fsp3) is 0.0714. The molecule has 0 unspecified atom stereocenters. The van der Waals surface area contributed by atoms with Crippen molar-refractivity contribution in [2.75, 3.05) is 0 Å². The molecule has 9 heteroatoms. The van der Waals surface area contributed by atoms with Gasteiger partial charge in [0.05, 0.1) is 11.6 Å². The van der Waals surface area contributed by atoms with Gasteiger partial charge in [-0.1, -0.05) is 0 Å². The van der Waals surface area contributed by atoms with E-state index in [1.807, 2.05) is 6.07 Å². The van der Waals surface area contributed by atoms with Gasteiger partial charge in [0.15, 0.2) is 5.82 Å². The summed E-state index contributed by atoms with van der Waals surface area (Å²) in [5.74, 6) is 1.01. The molecule has 0 fully saturated rings. The fourth-order valence-corrected chi connectivity index (χ4v) is 3.26. The minimum atomic E-state index is -0.677. The number of nitrogens with zero attached hydrogens (tertiary/aromatic N) is 3. The van der Waals surface area contributed by atoms with Crippen molar-refractivity contribution in [2.45, 2.75) is 10.6 Å². The van der Waals surface area contributed by atoms with E-state index in [1.165, 1.54) is 29.5 Å². The molecule has 0 amide bonds. The number of aromatic amines is 2. The van der Waals surface area contributed by atoms with Crippen LogP contribution >= 0.6 is 23.3 Å². The van der Waals surface area contributed by atoms with Crippen LogP contribution in [0.2, 0.25) is 0 Å². The van der Waals surface area contributed by atoms with E-state index in [-0.39, 0.29) is 0 Å². The zero-order valence-electron chi connectivity index (χ0n) is 11.6. The molecule has 0 spiro atoms. The molecule has 3 rings (SSSR count). The number of nitriles is 1. The molecule has 0 aliphatic heterocycles. The first kappa shape index (κ1) is 15.2. The van der Waals surface area contributed by atoms with E-state index >= 15 is 0 Å². The number of benzene rings is 1. The molecule has 0 aliphatic carbocycles. The molecule has 0 saturated carbocycles. The third-order valence-electron chi connectivity index (χ3n) is 2.95. The second kappa shape index (κ2) is 6.60. The maximum atomic E-state index is 11.3. The molecule has 2 aromatic heterocycles. The minimum Gasteiger partial charge on any atom is -0.323 e. The van der Waals surface area contributed by atoms with Gasteiger partial charge < -0.3 is 9.97 Å². The average Bonchev–Trinajstić information content (AvgIpc) is 3.10. The fourth-order valence-electron chi connectivity index (χ4n) is 1.88. The predicted molar refractivity (Wildman–Crippen MR) is 87.3 cm³/mol. The van der Waals surface area contributed by atoms with E-state index in [1.54, 1.807) is 17.6 Å². The van der Waals surface area contributed by atoms with Crippen molar-refractivity contribution in [3.05, 3.63) is 61.9 Å². The van der Waals surface area contributed by atoms with Gasteiger partial charge in [-0.05, 0) is 29.7 Å². The number of hydrogen-bond donors (Lipinski definition) is 2. The molecule has 114 valence electrons. The Kier molecular flexibility index (Phi) is 4.36. The van der Waals surface area contributed by atoms with Crippen LogP contribution in [0, 0.1) is 11.3 Å². The number of nitrogens with one attached hydrogen (secondary N) is 2.